The molecular weight excluding hydrogens is 262 g/mol. The molecule has 0 bridgehead atoms. The molecule has 1 N–H and O–H groups in total. The second-order valence-electron chi connectivity index (χ2n) is 4.34. The van der Waals surface area contributed by atoms with Gasteiger partial charge >= 0.3 is 5.97 Å². The number of para-hydroxylation sites is 1. The summed E-state index contributed by atoms with van der Waals surface area (Å²) in [6.45, 7) is 0.658. The van der Waals surface area contributed by atoms with Crippen molar-refractivity contribution in [3.63, 3.8) is 0 Å². The van der Waals surface area contributed by atoms with E-state index in [0.29, 0.717) is 17.9 Å². The molecule has 1 fully saturated rings. The van der Waals surface area contributed by atoms with E-state index in [4.69, 9.17) is 9.47 Å². The van der Waals surface area contributed by atoms with Gasteiger partial charge in [-0.1, -0.05) is 17.3 Å². The summed E-state index contributed by atoms with van der Waals surface area (Å²) in [6.07, 6.45) is 2.50. The highest BCUT2D eigenvalue weighted by Gasteiger charge is 2.21. The monoisotopic (exact) mass is 279 g/mol. The minimum atomic E-state index is -1.17. The minimum Gasteiger partial charge on any atom is -0.476 e. The molecule has 0 aromatic heterocycles. The zero-order valence-electron chi connectivity index (χ0n) is 11.2. The summed E-state index contributed by atoms with van der Waals surface area (Å²) in [5, 5.41) is 12.7. The van der Waals surface area contributed by atoms with Crippen LogP contribution in [0.3, 0.4) is 0 Å². The highest BCUT2D eigenvalue weighted by molar-refractivity contribution is 6.43. The fourth-order valence-electron chi connectivity index (χ4n) is 2.01. The number of benzene rings is 1. The van der Waals surface area contributed by atoms with E-state index < -0.39 is 5.97 Å². The number of carbonyl (C=O) groups is 1. The first-order valence-corrected chi connectivity index (χ1v) is 6.44. The molecule has 108 valence electrons. The molecule has 1 saturated heterocycles. The van der Waals surface area contributed by atoms with Gasteiger partial charge in [-0.25, -0.2) is 4.79 Å². The second-order valence-corrected chi connectivity index (χ2v) is 4.34. The molecule has 1 aliphatic rings. The predicted molar refractivity (Wildman–Crippen MR) is 71.8 cm³/mol. The maximum Gasteiger partial charge on any atom is 0.358 e. The first-order chi connectivity index (χ1) is 9.72. The van der Waals surface area contributed by atoms with Gasteiger partial charge in [0.2, 0.25) is 0 Å². The maximum atomic E-state index is 11.2. The molecule has 20 heavy (non-hydrogen) atoms. The van der Waals surface area contributed by atoms with Crippen molar-refractivity contribution in [3.8, 4) is 5.75 Å². The summed E-state index contributed by atoms with van der Waals surface area (Å²) >= 11 is 0. The normalized spacial score (nSPS) is 19.4. The van der Waals surface area contributed by atoms with E-state index in [-0.39, 0.29) is 12.0 Å². The lowest BCUT2D eigenvalue weighted by atomic mass is 10.1. The van der Waals surface area contributed by atoms with E-state index >= 15 is 0 Å². The smallest absolute Gasteiger partial charge is 0.358 e. The van der Waals surface area contributed by atoms with Gasteiger partial charge in [0.1, 0.15) is 12.9 Å². The molecule has 1 heterocycles. The largest absolute Gasteiger partial charge is 0.476 e. The van der Waals surface area contributed by atoms with Crippen molar-refractivity contribution in [2.75, 3.05) is 13.7 Å². The molecule has 6 heteroatoms. The molecular formula is C14H17NO5. The quantitative estimate of drug-likeness (QED) is 0.659. The molecule has 0 amide bonds. The van der Waals surface area contributed by atoms with Gasteiger partial charge in [0.25, 0.3) is 0 Å². The van der Waals surface area contributed by atoms with Crippen LogP contribution in [-0.4, -0.2) is 36.8 Å². The van der Waals surface area contributed by atoms with Gasteiger partial charge in [-0.15, -0.1) is 0 Å². The number of hydrogen-bond donors (Lipinski definition) is 1. The van der Waals surface area contributed by atoms with Crippen LogP contribution in [0.25, 0.3) is 0 Å². The first-order valence-electron chi connectivity index (χ1n) is 6.44. The van der Waals surface area contributed by atoms with E-state index in [0.717, 1.165) is 19.3 Å². The summed E-state index contributed by atoms with van der Waals surface area (Å²) in [6, 6.07) is 6.82. The van der Waals surface area contributed by atoms with Crippen LogP contribution < -0.4 is 4.74 Å². The number of rotatable bonds is 5. The zero-order chi connectivity index (χ0) is 14.4. The molecule has 1 unspecified atom stereocenters. The van der Waals surface area contributed by atoms with Crippen LogP contribution in [0.15, 0.2) is 29.4 Å². The van der Waals surface area contributed by atoms with Crippen molar-refractivity contribution >= 4 is 11.7 Å². The molecule has 0 aliphatic carbocycles. The van der Waals surface area contributed by atoms with Gasteiger partial charge in [-0.3, -0.25) is 0 Å². The van der Waals surface area contributed by atoms with Gasteiger partial charge in [0, 0.05) is 6.42 Å². The van der Waals surface area contributed by atoms with Crippen LogP contribution in [0, 0.1) is 0 Å². The Morgan fingerprint density at radius 3 is 2.85 bits per heavy atom. The number of carboxylic acid groups (broad SMARTS) is 1. The van der Waals surface area contributed by atoms with Crippen molar-refractivity contribution in [2.24, 2.45) is 5.16 Å². The number of oxime groups is 1. The third-order valence-corrected chi connectivity index (χ3v) is 2.92. The molecule has 1 aromatic rings. The number of ether oxygens (including phenoxy) is 2. The van der Waals surface area contributed by atoms with E-state index in [1.54, 1.807) is 24.3 Å². The minimum absolute atomic E-state index is 0.195. The summed E-state index contributed by atoms with van der Waals surface area (Å²) in [5.74, 6) is -0.745. The van der Waals surface area contributed by atoms with Crippen LogP contribution in [0.4, 0.5) is 0 Å². The lowest BCUT2D eigenvalue weighted by Gasteiger charge is -2.24. The zero-order valence-corrected chi connectivity index (χ0v) is 11.2. The molecule has 1 aliphatic heterocycles. The van der Waals surface area contributed by atoms with Crippen LogP contribution in [0.5, 0.6) is 5.75 Å². The average molecular weight is 279 g/mol. The molecule has 1 aromatic carbocycles. The highest BCUT2D eigenvalue weighted by Crippen LogP contribution is 2.24. The van der Waals surface area contributed by atoms with Crippen LogP contribution in [0.2, 0.25) is 0 Å². The Morgan fingerprint density at radius 1 is 1.40 bits per heavy atom. The van der Waals surface area contributed by atoms with E-state index in [1.807, 2.05) is 0 Å². The van der Waals surface area contributed by atoms with Crippen LogP contribution in [-0.2, 0) is 14.4 Å². The standard InChI is InChI=1S/C14H17NO5/c1-18-15-13(14(16)17)10-6-2-3-7-11(10)20-12-8-4-5-9-19-12/h2-3,6-7,12H,4-5,8-9H2,1H3,(H,16,17)/b15-13+. The number of carboxylic acids is 1. The van der Waals surface area contributed by atoms with Gasteiger partial charge in [0.05, 0.1) is 12.2 Å². The van der Waals surface area contributed by atoms with E-state index in [9.17, 15) is 9.90 Å². The molecule has 0 saturated carbocycles. The molecule has 2 rings (SSSR count). The van der Waals surface area contributed by atoms with Crippen molar-refractivity contribution < 1.29 is 24.2 Å². The molecule has 6 nitrogen and oxygen atoms in total. The summed E-state index contributed by atoms with van der Waals surface area (Å²) < 4.78 is 11.2. The number of nitrogens with zero attached hydrogens (tertiary/aromatic N) is 1. The van der Waals surface area contributed by atoms with E-state index in [1.165, 1.54) is 7.11 Å². The third kappa shape index (κ3) is 3.48. The average Bonchev–Trinajstić information content (AvgIpc) is 2.46. The van der Waals surface area contributed by atoms with Crippen molar-refractivity contribution in [3.05, 3.63) is 29.8 Å². The first kappa shape index (κ1) is 14.3. The van der Waals surface area contributed by atoms with Crippen LogP contribution >= 0.6 is 0 Å². The number of hydrogen-bond acceptors (Lipinski definition) is 5. The SMILES string of the molecule is CO/N=C(/C(=O)O)c1ccccc1OC1CCCCO1. The Bertz CT molecular complexity index is 494. The topological polar surface area (TPSA) is 77.4 Å². The van der Waals surface area contributed by atoms with Crippen LogP contribution in [0.1, 0.15) is 24.8 Å². The molecule has 0 spiro atoms. The third-order valence-electron chi connectivity index (χ3n) is 2.92. The Balaban J connectivity index is 2.24. The summed E-state index contributed by atoms with van der Waals surface area (Å²) in [5.41, 5.74) is 0.176. The van der Waals surface area contributed by atoms with Crippen molar-refractivity contribution in [1.29, 1.82) is 0 Å². The fraction of sp³-hybridized carbons (Fsp3) is 0.429. The Hall–Kier alpha value is -2.08. The van der Waals surface area contributed by atoms with Crippen molar-refractivity contribution in [2.45, 2.75) is 25.6 Å². The van der Waals surface area contributed by atoms with Gasteiger partial charge in [-0.2, -0.15) is 0 Å². The molecule has 0 radical (unpaired) electrons. The summed E-state index contributed by atoms with van der Waals surface area (Å²) in [4.78, 5) is 15.8. The summed E-state index contributed by atoms with van der Waals surface area (Å²) in [7, 11) is 1.30. The van der Waals surface area contributed by atoms with Gasteiger partial charge < -0.3 is 19.4 Å². The highest BCUT2D eigenvalue weighted by atomic mass is 16.7. The fourth-order valence-corrected chi connectivity index (χ4v) is 2.01. The van der Waals surface area contributed by atoms with Gasteiger partial charge in [-0.05, 0) is 25.0 Å². The number of aliphatic carboxylic acids is 1. The Morgan fingerprint density at radius 2 is 2.20 bits per heavy atom. The predicted octanol–water partition coefficient (Wildman–Crippen LogP) is 2.03. The van der Waals surface area contributed by atoms with E-state index in [2.05, 4.69) is 9.99 Å². The Labute approximate surface area is 116 Å². The maximum absolute atomic E-state index is 11.2. The van der Waals surface area contributed by atoms with Gasteiger partial charge in [0.15, 0.2) is 12.0 Å². The lowest BCUT2D eigenvalue weighted by Crippen LogP contribution is -2.26. The lowest BCUT2D eigenvalue weighted by molar-refractivity contribution is -0.129. The second kappa shape index (κ2) is 6.91. The Kier molecular flexibility index (Phi) is 4.95. The van der Waals surface area contributed by atoms with Crippen molar-refractivity contribution in [1.82, 2.24) is 0 Å². The molecule has 1 atom stereocenters.